The maximum atomic E-state index is 9.51. The molecule has 3 aromatic rings. The second kappa shape index (κ2) is 8.02. The van der Waals surface area contributed by atoms with Crippen LogP contribution in [0, 0.1) is 11.3 Å². The van der Waals surface area contributed by atoms with Gasteiger partial charge in [0.15, 0.2) is 5.16 Å². The van der Waals surface area contributed by atoms with Gasteiger partial charge in [-0.05, 0) is 17.7 Å². The van der Waals surface area contributed by atoms with Crippen molar-refractivity contribution in [3.63, 3.8) is 0 Å². The summed E-state index contributed by atoms with van der Waals surface area (Å²) in [4.78, 5) is 8.93. The second-order valence-corrected chi connectivity index (χ2v) is 6.51. The predicted octanol–water partition coefficient (Wildman–Crippen LogP) is 4.97. The van der Waals surface area contributed by atoms with Crippen LogP contribution in [0.1, 0.15) is 11.1 Å². The van der Waals surface area contributed by atoms with E-state index < -0.39 is 0 Å². The van der Waals surface area contributed by atoms with E-state index in [1.165, 1.54) is 24.4 Å². The molecule has 0 saturated carbocycles. The lowest BCUT2D eigenvalue weighted by Crippen LogP contribution is -2.01. The largest absolute Gasteiger partial charge is 0.480 e. The Hall–Kier alpha value is -2.55. The zero-order chi connectivity index (χ0) is 17.6. The molecule has 0 radical (unpaired) electrons. The molecule has 3 rings (SSSR count). The zero-order valence-corrected chi connectivity index (χ0v) is 15.0. The molecule has 0 spiro atoms. The van der Waals surface area contributed by atoms with Gasteiger partial charge in [-0.15, -0.1) is 0 Å². The number of rotatable bonds is 5. The Kier molecular flexibility index (Phi) is 5.54. The summed E-state index contributed by atoms with van der Waals surface area (Å²) in [7, 11) is 1.50. The lowest BCUT2D eigenvalue weighted by Gasteiger charge is -2.10. The van der Waals surface area contributed by atoms with Gasteiger partial charge in [-0.2, -0.15) is 10.2 Å². The Balaban J connectivity index is 2.00. The van der Waals surface area contributed by atoms with Crippen molar-refractivity contribution >= 4 is 23.4 Å². The van der Waals surface area contributed by atoms with Crippen molar-refractivity contribution in [2.24, 2.45) is 0 Å². The first-order valence-electron chi connectivity index (χ1n) is 7.50. The number of halogens is 1. The molecule has 0 amide bonds. The molecule has 2 aromatic carbocycles. The third kappa shape index (κ3) is 4.11. The Morgan fingerprint density at radius 1 is 1.12 bits per heavy atom. The Morgan fingerprint density at radius 2 is 1.92 bits per heavy atom. The van der Waals surface area contributed by atoms with Crippen LogP contribution in [0.15, 0.2) is 59.8 Å². The monoisotopic (exact) mass is 367 g/mol. The fourth-order valence-corrected chi connectivity index (χ4v) is 3.28. The van der Waals surface area contributed by atoms with Gasteiger partial charge in [0.05, 0.1) is 12.8 Å². The minimum atomic E-state index is 0.267. The number of aromatic nitrogens is 2. The highest BCUT2D eigenvalue weighted by molar-refractivity contribution is 7.98. The van der Waals surface area contributed by atoms with E-state index in [4.69, 9.17) is 16.3 Å². The van der Waals surface area contributed by atoms with Gasteiger partial charge in [0.25, 0.3) is 0 Å². The second-order valence-electron chi connectivity index (χ2n) is 5.14. The van der Waals surface area contributed by atoms with Gasteiger partial charge in [-0.3, -0.25) is 0 Å². The molecule has 0 aliphatic carbocycles. The number of benzene rings is 2. The van der Waals surface area contributed by atoms with E-state index in [0.717, 1.165) is 11.3 Å². The highest BCUT2D eigenvalue weighted by atomic mass is 35.5. The summed E-state index contributed by atoms with van der Waals surface area (Å²) in [6, 6.07) is 19.4. The van der Waals surface area contributed by atoms with Crippen LogP contribution in [0.5, 0.6) is 5.88 Å². The highest BCUT2D eigenvalue weighted by Crippen LogP contribution is 2.32. The molecule has 0 atom stereocenters. The predicted molar refractivity (Wildman–Crippen MR) is 99.7 cm³/mol. The summed E-state index contributed by atoms with van der Waals surface area (Å²) < 4.78 is 5.30. The number of nitrogens with zero attached hydrogens (tertiary/aromatic N) is 3. The molecule has 25 heavy (non-hydrogen) atoms. The first kappa shape index (κ1) is 17.3. The molecule has 0 unspecified atom stereocenters. The average molecular weight is 368 g/mol. The molecule has 0 bridgehead atoms. The van der Waals surface area contributed by atoms with Gasteiger partial charge in [0, 0.05) is 16.3 Å². The van der Waals surface area contributed by atoms with E-state index in [9.17, 15) is 5.26 Å². The fourth-order valence-electron chi connectivity index (χ4n) is 2.30. The Labute approximate surface area is 155 Å². The standard InChI is InChI=1S/C19H14ClN3OS/c1-24-18-16(11-21)17(14-8-5-9-15(20)10-14)22-19(23-18)25-12-13-6-3-2-4-7-13/h2-10H,12H2,1H3. The molecular weight excluding hydrogens is 354 g/mol. The molecule has 0 saturated heterocycles. The molecule has 6 heteroatoms. The summed E-state index contributed by atoms with van der Waals surface area (Å²) in [5, 5.41) is 10.6. The van der Waals surface area contributed by atoms with Crippen LogP contribution >= 0.6 is 23.4 Å². The summed E-state index contributed by atoms with van der Waals surface area (Å²) in [6.07, 6.45) is 0. The maximum absolute atomic E-state index is 9.51. The molecule has 0 fully saturated rings. The van der Waals surface area contributed by atoms with Crippen molar-refractivity contribution in [1.82, 2.24) is 9.97 Å². The van der Waals surface area contributed by atoms with Crippen molar-refractivity contribution < 1.29 is 4.74 Å². The van der Waals surface area contributed by atoms with Gasteiger partial charge in [0.1, 0.15) is 11.6 Å². The Morgan fingerprint density at radius 3 is 2.60 bits per heavy atom. The molecule has 0 aliphatic heterocycles. The van der Waals surface area contributed by atoms with Crippen molar-refractivity contribution in [2.45, 2.75) is 10.9 Å². The number of ether oxygens (including phenoxy) is 1. The molecular formula is C19H14ClN3OS. The maximum Gasteiger partial charge on any atom is 0.236 e. The molecule has 4 nitrogen and oxygen atoms in total. The first-order valence-corrected chi connectivity index (χ1v) is 8.86. The topological polar surface area (TPSA) is 58.8 Å². The van der Waals surface area contributed by atoms with Gasteiger partial charge in [-0.1, -0.05) is 65.8 Å². The van der Waals surface area contributed by atoms with Gasteiger partial charge in [0.2, 0.25) is 5.88 Å². The normalized spacial score (nSPS) is 10.3. The SMILES string of the molecule is COc1nc(SCc2ccccc2)nc(-c2cccc(Cl)c2)c1C#N. The minimum Gasteiger partial charge on any atom is -0.480 e. The van der Waals surface area contributed by atoms with Gasteiger partial charge in [-0.25, -0.2) is 4.98 Å². The van der Waals surface area contributed by atoms with Crippen LogP contribution in [-0.4, -0.2) is 17.1 Å². The molecule has 1 aromatic heterocycles. The minimum absolute atomic E-state index is 0.267. The van der Waals surface area contributed by atoms with Crippen molar-refractivity contribution in [1.29, 1.82) is 5.26 Å². The molecule has 0 aliphatic rings. The number of hydrogen-bond acceptors (Lipinski definition) is 5. The van der Waals surface area contributed by atoms with E-state index in [-0.39, 0.29) is 5.88 Å². The average Bonchev–Trinajstić information content (AvgIpc) is 2.66. The van der Waals surface area contributed by atoms with E-state index in [0.29, 0.717) is 21.4 Å². The number of hydrogen-bond donors (Lipinski definition) is 0. The summed E-state index contributed by atoms with van der Waals surface area (Å²) >= 11 is 7.57. The van der Waals surface area contributed by atoms with Crippen LogP contribution in [0.4, 0.5) is 0 Å². The third-order valence-corrected chi connectivity index (χ3v) is 4.62. The Bertz CT molecular complexity index is 926. The molecule has 124 valence electrons. The third-order valence-electron chi connectivity index (χ3n) is 3.47. The molecule has 1 heterocycles. The number of nitriles is 1. The first-order chi connectivity index (χ1) is 12.2. The van der Waals surface area contributed by atoms with Crippen molar-refractivity contribution in [2.75, 3.05) is 7.11 Å². The van der Waals surface area contributed by atoms with Crippen LogP contribution < -0.4 is 4.74 Å². The lowest BCUT2D eigenvalue weighted by atomic mass is 10.1. The number of thioether (sulfide) groups is 1. The van der Waals surface area contributed by atoms with Gasteiger partial charge < -0.3 is 4.74 Å². The van der Waals surface area contributed by atoms with Crippen LogP contribution in [-0.2, 0) is 5.75 Å². The van der Waals surface area contributed by atoms with Crippen LogP contribution in [0.3, 0.4) is 0 Å². The van der Waals surface area contributed by atoms with E-state index in [1.54, 1.807) is 12.1 Å². The quantitative estimate of drug-likeness (QED) is 0.470. The van der Waals surface area contributed by atoms with E-state index in [2.05, 4.69) is 16.0 Å². The number of methoxy groups -OCH3 is 1. The smallest absolute Gasteiger partial charge is 0.236 e. The summed E-state index contributed by atoms with van der Waals surface area (Å²) in [5.41, 5.74) is 2.75. The fraction of sp³-hybridized carbons (Fsp3) is 0.105. The van der Waals surface area contributed by atoms with E-state index >= 15 is 0 Å². The van der Waals surface area contributed by atoms with Crippen molar-refractivity contribution in [3.8, 4) is 23.2 Å². The van der Waals surface area contributed by atoms with Gasteiger partial charge >= 0.3 is 0 Å². The highest BCUT2D eigenvalue weighted by Gasteiger charge is 2.17. The summed E-state index contributed by atoms with van der Waals surface area (Å²) in [5.74, 6) is 0.994. The lowest BCUT2D eigenvalue weighted by molar-refractivity contribution is 0.391. The van der Waals surface area contributed by atoms with Crippen molar-refractivity contribution in [3.05, 3.63) is 70.7 Å². The van der Waals surface area contributed by atoms with Crippen LogP contribution in [0.25, 0.3) is 11.3 Å². The van der Waals surface area contributed by atoms with Crippen LogP contribution in [0.2, 0.25) is 5.02 Å². The van der Waals surface area contributed by atoms with E-state index in [1.807, 2.05) is 42.5 Å². The molecule has 0 N–H and O–H groups in total. The summed E-state index contributed by atoms with van der Waals surface area (Å²) in [6.45, 7) is 0. The zero-order valence-electron chi connectivity index (χ0n) is 13.4.